The first kappa shape index (κ1) is 78.0. The van der Waals surface area contributed by atoms with Crippen LogP contribution in [0.4, 0.5) is 24.5 Å². The van der Waals surface area contributed by atoms with E-state index >= 15 is 0 Å². The molecule has 2 unspecified atom stereocenters. The number of nitrogens with one attached hydrogen (secondary N) is 3. The van der Waals surface area contributed by atoms with Gasteiger partial charge >= 0.3 is 24.1 Å². The normalized spacial score (nSPS) is 15.0. The molecular formula is C58H67B6Cl2F3N10O6. The average Bonchev–Trinajstić information content (AvgIpc) is 4.09. The quantitative estimate of drug-likeness (QED) is 0.0607. The maximum Gasteiger partial charge on any atom is 0.490 e. The number of fused-ring (bicyclic) bond motifs is 6. The Bertz CT molecular complexity index is 3210. The van der Waals surface area contributed by atoms with Crippen molar-refractivity contribution in [3.63, 3.8) is 0 Å². The van der Waals surface area contributed by atoms with Gasteiger partial charge in [-0.05, 0) is 128 Å². The van der Waals surface area contributed by atoms with E-state index in [0.717, 1.165) is 103 Å². The maximum absolute atomic E-state index is 12.1. The fourth-order valence-corrected chi connectivity index (χ4v) is 9.90. The van der Waals surface area contributed by atoms with E-state index in [1.807, 2.05) is 71.4 Å². The van der Waals surface area contributed by atoms with Gasteiger partial charge in [0.25, 0.3) is 0 Å². The minimum absolute atomic E-state index is 0. The first-order valence-electron chi connectivity index (χ1n) is 25.9. The number of aryl methyl sites for hydroxylation is 4. The smallest absolute Gasteiger partial charge is 0.475 e. The Balaban J connectivity index is 0.00000125. The van der Waals surface area contributed by atoms with Crippen molar-refractivity contribution < 1.29 is 42.2 Å². The number of nitrogens with zero attached hydrogens (tertiary/aromatic N) is 7. The standard InChI is InChI=1S/C26H28ClN5O.C23H24ClN5.C6H10O3.C2HF3O2.CH4.6B/c1-3-25(33)31-12-9-18(10-13-31)19-7-8-22-23(15-19)24(28-21-6-4-5-20(27)16-21)11-14-32-26(22)17(2)29-30-32;1-15-23-20-6-5-17(16-7-10-25-11-8-16)13-21(20)22(9-12-29(23)28-27-15)26-19-4-2-3-18(24)14-19;1-3-5(7)9-6(8)4-2;3-2(4,5)1(6)7;;;;;;;/h4-9,15-16,24,28H,3,10-14H2,1-2H3;2-7,13-14,22,25-26H,8-12H2,1H3;3-4H2,1-2H3;(H,6,7);1H4;;;;;;. The molecule has 2 atom stereocenters. The molecule has 4 aromatic carbocycles. The van der Waals surface area contributed by atoms with Crippen LogP contribution in [-0.4, -0.2) is 147 Å². The molecule has 0 spiro atoms. The van der Waals surface area contributed by atoms with E-state index in [1.165, 1.54) is 39.0 Å². The van der Waals surface area contributed by atoms with Gasteiger partial charge in [0.2, 0.25) is 5.91 Å². The molecule has 6 aromatic rings. The second kappa shape index (κ2) is 36.1. The molecule has 4 aliphatic rings. The summed E-state index contributed by atoms with van der Waals surface area (Å²) in [5.41, 5.74) is 16.3. The van der Waals surface area contributed by atoms with Gasteiger partial charge in [-0.15, -0.1) is 10.2 Å². The Labute approximate surface area is 518 Å². The number of hydrogen-bond donors (Lipinski definition) is 4. The molecule has 0 saturated heterocycles. The van der Waals surface area contributed by atoms with Crippen LogP contribution in [0, 0.1) is 13.8 Å². The van der Waals surface area contributed by atoms with E-state index in [-0.39, 0.29) is 88.7 Å². The molecule has 4 N–H and O–H groups in total. The molecule has 0 fully saturated rings. The number of benzene rings is 4. The van der Waals surface area contributed by atoms with Crippen molar-refractivity contribution in [1.82, 2.24) is 40.2 Å². The van der Waals surface area contributed by atoms with Crippen molar-refractivity contribution in [3.05, 3.63) is 141 Å². The van der Waals surface area contributed by atoms with E-state index in [1.54, 1.807) is 13.8 Å². The minimum atomic E-state index is -5.08. The Kier molecular flexibility index (Phi) is 33.2. The summed E-state index contributed by atoms with van der Waals surface area (Å²) in [4.78, 5) is 43.6. The number of carbonyl (C=O) groups excluding carboxylic acids is 3. The van der Waals surface area contributed by atoms with E-state index < -0.39 is 24.1 Å². The van der Waals surface area contributed by atoms with E-state index in [0.29, 0.717) is 18.0 Å². The molecule has 16 nitrogen and oxygen atoms in total. The Morgan fingerprint density at radius 2 is 1.11 bits per heavy atom. The summed E-state index contributed by atoms with van der Waals surface area (Å²) < 4.78 is 40.1. The number of hydrogen-bond acceptors (Lipinski definition) is 12. The highest BCUT2D eigenvalue weighted by Crippen LogP contribution is 2.41. The molecule has 438 valence electrons. The van der Waals surface area contributed by atoms with E-state index in [4.69, 9.17) is 33.1 Å². The van der Waals surface area contributed by atoms with Gasteiger partial charge in [0, 0.05) is 135 Å². The zero-order valence-corrected chi connectivity index (χ0v) is 49.1. The Morgan fingerprint density at radius 3 is 1.47 bits per heavy atom. The molecule has 0 saturated carbocycles. The fourth-order valence-electron chi connectivity index (χ4n) is 9.52. The second-order valence-electron chi connectivity index (χ2n) is 18.8. The fraction of sp³-hybridized carbons (Fsp3) is 0.379. The molecule has 10 rings (SSSR count). The van der Waals surface area contributed by atoms with E-state index in [2.05, 4.69) is 102 Å². The number of rotatable bonds is 9. The summed E-state index contributed by atoms with van der Waals surface area (Å²) in [6, 6.07) is 29.6. The first-order chi connectivity index (χ1) is 37.4. The van der Waals surface area contributed by atoms with Gasteiger partial charge in [-0.1, -0.05) is 110 Å². The van der Waals surface area contributed by atoms with Crippen molar-refractivity contribution in [2.45, 2.75) is 118 Å². The number of esters is 2. The Hall–Kier alpha value is -6.96. The largest absolute Gasteiger partial charge is 0.490 e. The van der Waals surface area contributed by atoms with Crippen LogP contribution in [0.5, 0.6) is 0 Å². The lowest BCUT2D eigenvalue weighted by Crippen LogP contribution is -2.34. The third-order valence-electron chi connectivity index (χ3n) is 13.5. The van der Waals surface area contributed by atoms with Crippen LogP contribution in [0.2, 0.25) is 10.0 Å². The van der Waals surface area contributed by atoms with Crippen LogP contribution in [-0.2, 0) is 37.0 Å². The average molecular weight is 1190 g/mol. The van der Waals surface area contributed by atoms with Crippen molar-refractivity contribution in [3.8, 4) is 22.5 Å². The third kappa shape index (κ3) is 20.6. The zero-order valence-electron chi connectivity index (χ0n) is 47.6. The van der Waals surface area contributed by atoms with Crippen LogP contribution in [0.3, 0.4) is 0 Å². The van der Waals surface area contributed by atoms with E-state index in [9.17, 15) is 27.6 Å². The third-order valence-corrected chi connectivity index (χ3v) is 13.9. The summed E-state index contributed by atoms with van der Waals surface area (Å²) in [5, 5.41) is 36.8. The molecule has 1 amide bonds. The van der Waals surface area contributed by atoms with Crippen molar-refractivity contribution >= 4 is 120 Å². The van der Waals surface area contributed by atoms with Gasteiger partial charge in [0.15, 0.2) is 0 Å². The molecule has 18 radical (unpaired) electrons. The number of halogens is 5. The molecule has 6 heterocycles. The van der Waals surface area contributed by atoms with Gasteiger partial charge in [0.05, 0.1) is 34.9 Å². The lowest BCUT2D eigenvalue weighted by atomic mass is 9.90. The lowest BCUT2D eigenvalue weighted by Gasteiger charge is -2.27. The monoisotopic (exact) mass is 1190 g/mol. The molecule has 0 aliphatic carbocycles. The zero-order chi connectivity index (χ0) is 56.1. The van der Waals surface area contributed by atoms with Gasteiger partial charge in [-0.3, -0.25) is 14.4 Å². The number of carbonyl (C=O) groups is 4. The summed E-state index contributed by atoms with van der Waals surface area (Å²) in [7, 11) is 0. The first-order valence-corrected chi connectivity index (χ1v) is 26.7. The highest BCUT2D eigenvalue weighted by atomic mass is 35.5. The van der Waals surface area contributed by atoms with Crippen molar-refractivity contribution in [2.75, 3.05) is 36.8 Å². The number of aliphatic carboxylic acids is 1. The molecule has 85 heavy (non-hydrogen) atoms. The molecule has 27 heteroatoms. The van der Waals surface area contributed by atoms with Crippen LogP contribution >= 0.6 is 23.2 Å². The number of ether oxygens (including phenoxy) is 1. The van der Waals surface area contributed by atoms with Crippen molar-refractivity contribution in [1.29, 1.82) is 0 Å². The summed E-state index contributed by atoms with van der Waals surface area (Å²) in [6.07, 6.45) is 4.23. The van der Waals surface area contributed by atoms with Crippen LogP contribution in [0.1, 0.15) is 119 Å². The number of carboxylic acids is 1. The number of anilines is 2. The summed E-state index contributed by atoms with van der Waals surface area (Å²) in [5.74, 6) is -3.45. The molecule has 0 bridgehead atoms. The molecular weight excluding hydrogens is 1130 g/mol. The highest BCUT2D eigenvalue weighted by molar-refractivity contribution is 6.31. The predicted octanol–water partition coefficient (Wildman–Crippen LogP) is 10.2. The number of amides is 1. The molecule has 2 aromatic heterocycles. The van der Waals surface area contributed by atoms with Gasteiger partial charge < -0.3 is 30.7 Å². The van der Waals surface area contributed by atoms with Gasteiger partial charge in [-0.25, -0.2) is 14.2 Å². The van der Waals surface area contributed by atoms with Crippen LogP contribution in [0.15, 0.2) is 97.1 Å². The Morgan fingerprint density at radius 1 is 0.659 bits per heavy atom. The summed E-state index contributed by atoms with van der Waals surface area (Å²) in [6.45, 7) is 14.3. The lowest BCUT2D eigenvalue weighted by molar-refractivity contribution is -0.192. The van der Waals surface area contributed by atoms with Gasteiger partial charge in [-0.2, -0.15) is 13.2 Å². The van der Waals surface area contributed by atoms with Crippen LogP contribution < -0.4 is 16.0 Å². The van der Waals surface area contributed by atoms with Gasteiger partial charge in [0.1, 0.15) is 0 Å². The SMILES string of the molecule is C.CCC(=O)N1CC=C(c2ccc3c(c2)C(Nc2cccc(Cl)c2)CCn2nnc(C)c2-3)CC1.CCC(=O)OC(=O)CC.Cc1nnn2c1-c1ccc(C3=CCNCC3)cc1C(Nc1cccc(Cl)c1)CC2.O=C(O)C(F)(F)F.[B].[B].[B].[B].[B].[B]. The highest BCUT2D eigenvalue weighted by Gasteiger charge is 2.38. The maximum atomic E-state index is 12.1. The van der Waals surface area contributed by atoms with Crippen molar-refractivity contribution in [2.24, 2.45) is 0 Å². The topological polar surface area (TPSA) is 198 Å². The second-order valence-corrected chi connectivity index (χ2v) is 19.7. The number of alkyl halides is 3. The predicted molar refractivity (Wildman–Crippen MR) is 337 cm³/mol. The number of carboxylic acid groups (broad SMARTS) is 1. The molecule has 4 aliphatic heterocycles. The summed E-state index contributed by atoms with van der Waals surface area (Å²) >= 11 is 12.5. The number of aromatic nitrogens is 6. The van der Waals surface area contributed by atoms with Crippen LogP contribution in [0.25, 0.3) is 33.7 Å². The minimum Gasteiger partial charge on any atom is -0.475 e.